The van der Waals surface area contributed by atoms with Crippen molar-refractivity contribution < 1.29 is 9.59 Å². The molecule has 0 saturated carbocycles. The topological polar surface area (TPSA) is 58.2 Å². The van der Waals surface area contributed by atoms with Gasteiger partial charge in [0.1, 0.15) is 0 Å². The van der Waals surface area contributed by atoms with Crippen LogP contribution in [-0.2, 0) is 13.0 Å². The fourth-order valence-electron chi connectivity index (χ4n) is 2.17. The zero-order valence-electron chi connectivity index (χ0n) is 13.0. The van der Waals surface area contributed by atoms with Crippen molar-refractivity contribution in [2.24, 2.45) is 0 Å². The molecule has 2 aromatic rings. The van der Waals surface area contributed by atoms with Crippen LogP contribution < -0.4 is 10.6 Å². The molecule has 0 fully saturated rings. The second-order valence-corrected chi connectivity index (χ2v) is 6.26. The van der Waals surface area contributed by atoms with Gasteiger partial charge in [0.2, 0.25) is 0 Å². The van der Waals surface area contributed by atoms with E-state index < -0.39 is 0 Å². The molecule has 0 aliphatic heterocycles. The van der Waals surface area contributed by atoms with Crippen LogP contribution in [-0.4, -0.2) is 18.9 Å². The van der Waals surface area contributed by atoms with Gasteiger partial charge in [-0.25, -0.2) is 0 Å². The number of amides is 2. The molecule has 4 nitrogen and oxygen atoms in total. The largest absolute Gasteiger partial charge is 0.355 e. The highest BCUT2D eigenvalue weighted by Crippen LogP contribution is 2.21. The summed E-state index contributed by atoms with van der Waals surface area (Å²) in [6.07, 6.45) is 0.941. The third-order valence-electron chi connectivity index (χ3n) is 3.52. The van der Waals surface area contributed by atoms with Gasteiger partial charge in [-0.2, -0.15) is 0 Å². The van der Waals surface area contributed by atoms with E-state index in [0.717, 1.165) is 16.9 Å². The fraction of sp³-hybridized carbons (Fsp3) is 0.294. The predicted molar refractivity (Wildman–Crippen MR) is 89.4 cm³/mol. The van der Waals surface area contributed by atoms with E-state index >= 15 is 0 Å². The first-order chi connectivity index (χ1) is 10.5. The lowest BCUT2D eigenvalue weighted by Gasteiger charge is -2.05. The summed E-state index contributed by atoms with van der Waals surface area (Å²) in [5.41, 5.74) is 2.80. The highest BCUT2D eigenvalue weighted by atomic mass is 32.1. The van der Waals surface area contributed by atoms with Gasteiger partial charge in [0, 0.05) is 24.0 Å². The van der Waals surface area contributed by atoms with Crippen LogP contribution >= 0.6 is 11.3 Å². The highest BCUT2D eigenvalue weighted by molar-refractivity contribution is 7.14. The van der Waals surface area contributed by atoms with Crippen LogP contribution in [0, 0.1) is 6.92 Å². The van der Waals surface area contributed by atoms with E-state index in [1.54, 1.807) is 19.2 Å². The van der Waals surface area contributed by atoms with Crippen LogP contribution in [0.3, 0.4) is 0 Å². The standard InChI is InChI=1S/C17H20N2O2S/c1-4-13-9-15(22-11(13)2)17(21)19-10-12-5-7-14(8-6-12)16(20)18-3/h5-9H,4,10H2,1-3H3,(H,18,20)(H,19,21). The minimum absolute atomic E-state index is 0.0526. The van der Waals surface area contributed by atoms with Gasteiger partial charge < -0.3 is 10.6 Å². The third kappa shape index (κ3) is 3.74. The highest BCUT2D eigenvalue weighted by Gasteiger charge is 2.11. The number of carbonyl (C=O) groups is 2. The van der Waals surface area contributed by atoms with Gasteiger partial charge >= 0.3 is 0 Å². The van der Waals surface area contributed by atoms with E-state index in [4.69, 9.17) is 0 Å². The number of thiophene rings is 1. The molecule has 0 spiro atoms. The summed E-state index contributed by atoms with van der Waals surface area (Å²) in [4.78, 5) is 25.6. The Kier molecular flexibility index (Phi) is 5.33. The third-order valence-corrected chi connectivity index (χ3v) is 4.61. The predicted octanol–water partition coefficient (Wildman–Crippen LogP) is 2.91. The molecule has 0 radical (unpaired) electrons. The van der Waals surface area contributed by atoms with Gasteiger partial charge in [-0.3, -0.25) is 9.59 Å². The van der Waals surface area contributed by atoms with E-state index in [9.17, 15) is 9.59 Å². The van der Waals surface area contributed by atoms with Crippen molar-refractivity contribution >= 4 is 23.2 Å². The number of carbonyl (C=O) groups excluding carboxylic acids is 2. The molecule has 22 heavy (non-hydrogen) atoms. The second kappa shape index (κ2) is 7.22. The van der Waals surface area contributed by atoms with Crippen molar-refractivity contribution in [3.8, 4) is 0 Å². The lowest BCUT2D eigenvalue weighted by Crippen LogP contribution is -2.22. The molecule has 0 unspecified atom stereocenters. The lowest BCUT2D eigenvalue weighted by atomic mass is 10.1. The minimum atomic E-state index is -0.114. The van der Waals surface area contributed by atoms with E-state index in [-0.39, 0.29) is 11.8 Å². The van der Waals surface area contributed by atoms with Gasteiger partial charge in [0.15, 0.2) is 0 Å². The maximum Gasteiger partial charge on any atom is 0.261 e. The Balaban J connectivity index is 1.97. The number of benzene rings is 1. The summed E-state index contributed by atoms with van der Waals surface area (Å²) in [5.74, 6) is -0.167. The maximum absolute atomic E-state index is 12.2. The summed E-state index contributed by atoms with van der Waals surface area (Å²) in [5, 5.41) is 5.49. The summed E-state index contributed by atoms with van der Waals surface area (Å²) >= 11 is 1.53. The Morgan fingerprint density at radius 1 is 1.14 bits per heavy atom. The van der Waals surface area contributed by atoms with Crippen LogP contribution in [0.1, 0.15) is 43.0 Å². The minimum Gasteiger partial charge on any atom is -0.355 e. The van der Waals surface area contributed by atoms with Gasteiger partial charge in [0.05, 0.1) is 4.88 Å². The van der Waals surface area contributed by atoms with Crippen LogP contribution in [0.5, 0.6) is 0 Å². The summed E-state index contributed by atoms with van der Waals surface area (Å²) in [6, 6.07) is 9.17. The first kappa shape index (κ1) is 16.2. The van der Waals surface area contributed by atoms with Crippen LogP contribution in [0.15, 0.2) is 30.3 Å². The molecule has 2 rings (SSSR count). The SMILES string of the molecule is CCc1cc(C(=O)NCc2ccc(C(=O)NC)cc2)sc1C. The van der Waals surface area contributed by atoms with Gasteiger partial charge in [-0.05, 0) is 42.7 Å². The summed E-state index contributed by atoms with van der Waals surface area (Å²) < 4.78 is 0. The first-order valence-electron chi connectivity index (χ1n) is 7.23. The average molecular weight is 316 g/mol. The molecule has 0 saturated heterocycles. The lowest BCUT2D eigenvalue weighted by molar-refractivity contribution is 0.0949. The molecule has 1 aromatic carbocycles. The smallest absolute Gasteiger partial charge is 0.261 e. The molecule has 1 heterocycles. The summed E-state index contributed by atoms with van der Waals surface area (Å²) in [7, 11) is 1.60. The molecule has 2 N–H and O–H groups in total. The van der Waals surface area contributed by atoms with E-state index in [1.807, 2.05) is 25.1 Å². The number of hydrogen-bond donors (Lipinski definition) is 2. The molecule has 0 aliphatic rings. The molecular weight excluding hydrogens is 296 g/mol. The van der Waals surface area contributed by atoms with E-state index in [0.29, 0.717) is 12.1 Å². The van der Waals surface area contributed by atoms with Crippen LogP contribution in [0.25, 0.3) is 0 Å². The Hall–Kier alpha value is -2.14. The van der Waals surface area contributed by atoms with Crippen molar-refractivity contribution in [1.29, 1.82) is 0 Å². The Bertz CT molecular complexity index is 674. The molecule has 0 atom stereocenters. The monoisotopic (exact) mass is 316 g/mol. The molecule has 1 aromatic heterocycles. The van der Waals surface area contributed by atoms with Crippen molar-refractivity contribution in [1.82, 2.24) is 10.6 Å². The molecule has 0 aliphatic carbocycles. The van der Waals surface area contributed by atoms with Gasteiger partial charge in [-0.1, -0.05) is 19.1 Å². The van der Waals surface area contributed by atoms with Crippen molar-refractivity contribution in [3.63, 3.8) is 0 Å². The van der Waals surface area contributed by atoms with Crippen LogP contribution in [0.2, 0.25) is 0 Å². The number of nitrogens with one attached hydrogen (secondary N) is 2. The Labute approximate surface area is 134 Å². The van der Waals surface area contributed by atoms with E-state index in [1.165, 1.54) is 21.8 Å². The van der Waals surface area contributed by atoms with Crippen LogP contribution in [0.4, 0.5) is 0 Å². The Morgan fingerprint density at radius 3 is 2.36 bits per heavy atom. The number of hydrogen-bond acceptors (Lipinski definition) is 3. The molecule has 2 amide bonds. The van der Waals surface area contributed by atoms with Crippen molar-refractivity contribution in [2.45, 2.75) is 26.8 Å². The first-order valence-corrected chi connectivity index (χ1v) is 8.05. The number of rotatable bonds is 5. The normalized spacial score (nSPS) is 10.3. The van der Waals surface area contributed by atoms with Gasteiger partial charge in [-0.15, -0.1) is 11.3 Å². The zero-order valence-corrected chi connectivity index (χ0v) is 13.8. The van der Waals surface area contributed by atoms with Crippen molar-refractivity contribution in [2.75, 3.05) is 7.05 Å². The summed E-state index contributed by atoms with van der Waals surface area (Å²) in [6.45, 7) is 4.58. The molecular formula is C17H20N2O2S. The van der Waals surface area contributed by atoms with Gasteiger partial charge in [0.25, 0.3) is 11.8 Å². The average Bonchev–Trinajstić information content (AvgIpc) is 2.93. The molecule has 116 valence electrons. The maximum atomic E-state index is 12.2. The van der Waals surface area contributed by atoms with Crippen molar-refractivity contribution in [3.05, 3.63) is 56.8 Å². The molecule has 5 heteroatoms. The Morgan fingerprint density at radius 2 is 1.82 bits per heavy atom. The van der Waals surface area contributed by atoms with E-state index in [2.05, 4.69) is 17.6 Å². The molecule has 0 bridgehead atoms. The number of aryl methyl sites for hydroxylation is 2. The second-order valence-electron chi connectivity index (χ2n) is 5.00. The fourth-order valence-corrected chi connectivity index (χ4v) is 3.20. The quantitative estimate of drug-likeness (QED) is 0.891. The zero-order chi connectivity index (χ0) is 16.1.